The van der Waals surface area contributed by atoms with Gasteiger partial charge in [0.1, 0.15) is 5.82 Å². The number of hydrogen-bond acceptors (Lipinski definition) is 2. The predicted octanol–water partition coefficient (Wildman–Crippen LogP) is 7.28. The lowest BCUT2D eigenvalue weighted by Crippen LogP contribution is -2.30. The van der Waals surface area contributed by atoms with Crippen molar-refractivity contribution in [1.29, 1.82) is 0 Å². The van der Waals surface area contributed by atoms with Crippen LogP contribution >= 0.6 is 0 Å². The monoisotopic (exact) mass is 412 g/mol. The summed E-state index contributed by atoms with van der Waals surface area (Å²) >= 11 is 0. The lowest BCUT2D eigenvalue weighted by atomic mass is 9.65. The molecule has 0 radical (unpaired) electrons. The van der Waals surface area contributed by atoms with Gasteiger partial charge in [0.05, 0.1) is 5.41 Å². The number of allylic oxidation sites excluding steroid dienone is 4. The van der Waals surface area contributed by atoms with Crippen molar-refractivity contribution in [3.05, 3.63) is 143 Å². The molecule has 0 amide bonds. The molecule has 1 heterocycles. The van der Waals surface area contributed by atoms with Gasteiger partial charge in [0.25, 0.3) is 0 Å². The molecule has 0 bridgehead atoms. The van der Waals surface area contributed by atoms with E-state index in [1.807, 2.05) is 24.4 Å². The van der Waals surface area contributed by atoms with Crippen molar-refractivity contribution in [2.45, 2.75) is 18.3 Å². The van der Waals surface area contributed by atoms with Gasteiger partial charge >= 0.3 is 0 Å². The number of nitrogens with one attached hydrogen (secondary N) is 1. The molecule has 0 atom stereocenters. The number of anilines is 2. The topological polar surface area (TPSA) is 24.9 Å². The van der Waals surface area contributed by atoms with Gasteiger partial charge in [0.15, 0.2) is 0 Å². The van der Waals surface area contributed by atoms with Crippen molar-refractivity contribution in [1.82, 2.24) is 4.98 Å². The Morgan fingerprint density at radius 3 is 2.16 bits per heavy atom. The Balaban J connectivity index is 1.63. The Labute approximate surface area is 189 Å². The summed E-state index contributed by atoms with van der Waals surface area (Å²) < 4.78 is 0. The van der Waals surface area contributed by atoms with Gasteiger partial charge in [-0.05, 0) is 70.5 Å². The number of fused-ring (bicyclic) bond motifs is 2. The van der Waals surface area contributed by atoms with Gasteiger partial charge < -0.3 is 5.32 Å². The van der Waals surface area contributed by atoms with Crippen LogP contribution in [0.3, 0.4) is 0 Å². The molecule has 2 nitrogen and oxygen atoms in total. The van der Waals surface area contributed by atoms with E-state index >= 15 is 0 Å². The van der Waals surface area contributed by atoms with Gasteiger partial charge in [-0.1, -0.05) is 84.9 Å². The van der Waals surface area contributed by atoms with Crippen LogP contribution in [0.25, 0.3) is 5.57 Å². The van der Waals surface area contributed by atoms with Crippen LogP contribution in [0.1, 0.15) is 35.1 Å². The molecule has 1 aromatic heterocycles. The maximum atomic E-state index is 4.46. The number of aromatic nitrogens is 1. The summed E-state index contributed by atoms with van der Waals surface area (Å²) in [5, 5.41) is 3.51. The second-order valence-electron chi connectivity index (χ2n) is 8.42. The zero-order chi connectivity index (χ0) is 21.4. The fourth-order valence-electron chi connectivity index (χ4n) is 5.42. The molecule has 3 aromatic carbocycles. The first-order valence-electron chi connectivity index (χ1n) is 11.2. The SMILES string of the molecule is C1=CC2=C(CC1)C(c1ccccc1)(c1ccccc1)c1cc(Nc3ccccn3)ccc12. The van der Waals surface area contributed by atoms with Crippen LogP contribution in [0.15, 0.2) is 121 Å². The average Bonchev–Trinajstić information content (AvgIpc) is 3.16. The Morgan fingerprint density at radius 1 is 0.750 bits per heavy atom. The molecule has 0 spiro atoms. The Kier molecular flexibility index (Phi) is 4.50. The minimum absolute atomic E-state index is 0.292. The highest BCUT2D eigenvalue weighted by Crippen LogP contribution is 2.57. The van der Waals surface area contributed by atoms with E-state index in [0.29, 0.717) is 0 Å². The van der Waals surface area contributed by atoms with E-state index in [1.54, 1.807) is 0 Å². The molecule has 4 aromatic rings. The molecule has 154 valence electrons. The molecule has 2 aliphatic rings. The highest BCUT2D eigenvalue weighted by atomic mass is 15.0. The largest absolute Gasteiger partial charge is 0.340 e. The van der Waals surface area contributed by atoms with Crippen molar-refractivity contribution in [2.75, 3.05) is 5.32 Å². The molecule has 2 heteroatoms. The van der Waals surface area contributed by atoms with E-state index in [2.05, 4.69) is 101 Å². The van der Waals surface area contributed by atoms with Gasteiger partial charge in [-0.15, -0.1) is 0 Å². The first kappa shape index (κ1) is 18.8. The fraction of sp³-hybridized carbons (Fsp3) is 0.100. The van der Waals surface area contributed by atoms with Crippen molar-refractivity contribution in [3.63, 3.8) is 0 Å². The smallest absolute Gasteiger partial charge is 0.130 e. The van der Waals surface area contributed by atoms with Crippen LogP contribution in [0.2, 0.25) is 0 Å². The molecule has 0 aliphatic heterocycles. The molecule has 0 fully saturated rings. The van der Waals surface area contributed by atoms with E-state index in [1.165, 1.54) is 33.4 Å². The standard InChI is InChI=1S/C30H24N2/c1-3-11-22(12-4-1)30(23-13-5-2-6-14-23)27-16-8-7-15-25(27)26-19-18-24(21-28(26)30)32-29-17-9-10-20-31-29/h1-7,9-15,17-21H,8,16H2,(H,31,32). The van der Waals surface area contributed by atoms with Crippen molar-refractivity contribution in [3.8, 4) is 0 Å². The highest BCUT2D eigenvalue weighted by Gasteiger charge is 2.47. The molecule has 32 heavy (non-hydrogen) atoms. The third-order valence-electron chi connectivity index (χ3n) is 6.69. The predicted molar refractivity (Wildman–Crippen MR) is 132 cm³/mol. The number of hydrogen-bond donors (Lipinski definition) is 1. The number of rotatable bonds is 4. The molecule has 0 unspecified atom stereocenters. The summed E-state index contributed by atoms with van der Waals surface area (Å²) in [6, 6.07) is 34.7. The summed E-state index contributed by atoms with van der Waals surface area (Å²) in [5.41, 5.74) is 8.96. The van der Waals surface area contributed by atoms with E-state index < -0.39 is 0 Å². The maximum absolute atomic E-state index is 4.46. The summed E-state index contributed by atoms with van der Waals surface area (Å²) in [5.74, 6) is 0.855. The minimum Gasteiger partial charge on any atom is -0.340 e. The second kappa shape index (κ2) is 7.65. The van der Waals surface area contributed by atoms with Crippen molar-refractivity contribution < 1.29 is 0 Å². The van der Waals surface area contributed by atoms with Crippen molar-refractivity contribution in [2.24, 2.45) is 0 Å². The number of benzene rings is 3. The minimum atomic E-state index is -0.292. The van der Waals surface area contributed by atoms with Crippen LogP contribution in [0.5, 0.6) is 0 Å². The van der Waals surface area contributed by atoms with E-state index in [0.717, 1.165) is 24.3 Å². The van der Waals surface area contributed by atoms with Crippen LogP contribution in [0, 0.1) is 0 Å². The molecular formula is C30H24N2. The van der Waals surface area contributed by atoms with E-state index in [4.69, 9.17) is 0 Å². The molecule has 0 saturated carbocycles. The maximum Gasteiger partial charge on any atom is 0.130 e. The molecular weight excluding hydrogens is 388 g/mol. The number of nitrogens with zero attached hydrogens (tertiary/aromatic N) is 1. The molecule has 6 rings (SSSR count). The normalized spacial score (nSPS) is 15.9. The summed E-state index contributed by atoms with van der Waals surface area (Å²) in [6.07, 6.45) is 8.60. The first-order valence-corrected chi connectivity index (χ1v) is 11.2. The number of pyridine rings is 1. The van der Waals surface area contributed by atoms with Gasteiger partial charge in [-0.25, -0.2) is 4.98 Å². The lowest BCUT2D eigenvalue weighted by Gasteiger charge is -2.36. The van der Waals surface area contributed by atoms with E-state index in [9.17, 15) is 0 Å². The quantitative estimate of drug-likeness (QED) is 0.381. The lowest BCUT2D eigenvalue weighted by molar-refractivity contribution is 0.697. The average molecular weight is 413 g/mol. The van der Waals surface area contributed by atoms with Crippen LogP contribution in [-0.4, -0.2) is 4.98 Å². The van der Waals surface area contributed by atoms with Crippen molar-refractivity contribution >= 4 is 17.1 Å². The van der Waals surface area contributed by atoms with Gasteiger partial charge in [0.2, 0.25) is 0 Å². The van der Waals surface area contributed by atoms with Gasteiger partial charge in [0, 0.05) is 11.9 Å². The Hall–Kier alpha value is -3.91. The molecule has 1 N–H and O–H groups in total. The summed E-state index contributed by atoms with van der Waals surface area (Å²) in [6.45, 7) is 0. The fourth-order valence-corrected chi connectivity index (χ4v) is 5.42. The first-order chi connectivity index (χ1) is 15.9. The molecule has 0 saturated heterocycles. The van der Waals surface area contributed by atoms with Crippen LogP contribution in [0.4, 0.5) is 11.5 Å². The third kappa shape index (κ3) is 2.84. The Bertz CT molecular complexity index is 1280. The molecule has 2 aliphatic carbocycles. The zero-order valence-electron chi connectivity index (χ0n) is 17.8. The van der Waals surface area contributed by atoms with Gasteiger partial charge in [-0.3, -0.25) is 0 Å². The van der Waals surface area contributed by atoms with E-state index in [-0.39, 0.29) is 5.41 Å². The highest BCUT2D eigenvalue weighted by molar-refractivity contribution is 5.91. The van der Waals surface area contributed by atoms with Crippen LogP contribution < -0.4 is 5.32 Å². The zero-order valence-corrected chi connectivity index (χ0v) is 17.8. The summed E-state index contributed by atoms with van der Waals surface area (Å²) in [7, 11) is 0. The Morgan fingerprint density at radius 2 is 1.47 bits per heavy atom. The third-order valence-corrected chi connectivity index (χ3v) is 6.69. The van der Waals surface area contributed by atoms with Gasteiger partial charge in [-0.2, -0.15) is 0 Å². The van der Waals surface area contributed by atoms with Crippen LogP contribution in [-0.2, 0) is 5.41 Å². The second-order valence-corrected chi connectivity index (χ2v) is 8.42. The summed E-state index contributed by atoms with van der Waals surface area (Å²) in [4.78, 5) is 4.46.